The fraction of sp³-hybridized carbons (Fsp3) is 0.109. The summed E-state index contributed by atoms with van der Waals surface area (Å²) in [4.78, 5) is 56.5. The Morgan fingerprint density at radius 3 is 1.47 bits per heavy atom. The smallest absolute Gasteiger partial charge is 0.291 e. The van der Waals surface area contributed by atoms with Gasteiger partial charge in [0, 0.05) is 14.1 Å². The van der Waals surface area contributed by atoms with E-state index in [1.54, 1.807) is 36.8 Å². The van der Waals surface area contributed by atoms with E-state index in [0.29, 0.717) is 37.1 Å². The maximum Gasteiger partial charge on any atom is 0.296 e. The minimum absolute atomic E-state index is 0.140. The molecule has 0 spiro atoms. The molecule has 0 bridgehead atoms. The van der Waals surface area contributed by atoms with Crippen LogP contribution in [0.15, 0.2) is 165 Å². The van der Waals surface area contributed by atoms with Crippen molar-refractivity contribution in [1.29, 1.82) is 0 Å². The van der Waals surface area contributed by atoms with E-state index in [1.165, 1.54) is 28.4 Å². The Labute approximate surface area is 355 Å². The van der Waals surface area contributed by atoms with E-state index in [0.717, 1.165) is 28.2 Å². The molecule has 2 fully saturated rings. The lowest BCUT2D eigenvalue weighted by molar-refractivity contribution is -0.114. The number of rotatable bonds is 8. The van der Waals surface area contributed by atoms with E-state index in [4.69, 9.17) is 12.2 Å². The number of allylic oxidation sites excluding steroid dienone is 4. The highest BCUT2D eigenvalue weighted by Crippen LogP contribution is 2.36. The van der Waals surface area contributed by atoms with Gasteiger partial charge in [-0.25, -0.2) is 9.36 Å². The van der Waals surface area contributed by atoms with E-state index in [9.17, 15) is 19.2 Å². The molecule has 2 aliphatic rings. The lowest BCUT2D eigenvalue weighted by Crippen LogP contribution is -2.33. The maximum atomic E-state index is 13.2. The van der Waals surface area contributed by atoms with Crippen molar-refractivity contribution in [1.82, 2.24) is 18.7 Å². The summed E-state index contributed by atoms with van der Waals surface area (Å²) in [5, 5.41) is 0. The zero-order valence-corrected chi connectivity index (χ0v) is 35.2. The van der Waals surface area contributed by atoms with Crippen molar-refractivity contribution >= 4 is 75.4 Å². The zero-order valence-electron chi connectivity index (χ0n) is 32.8. The van der Waals surface area contributed by atoms with Gasteiger partial charge < -0.3 is 0 Å². The Balaban J connectivity index is 0.000000179. The predicted molar refractivity (Wildman–Crippen MR) is 246 cm³/mol. The number of hydrogen-bond donors (Lipinski definition) is 0. The number of benzene rings is 4. The quantitative estimate of drug-likeness (QED) is 0.112. The molecule has 2 aromatic heterocycles. The summed E-state index contributed by atoms with van der Waals surface area (Å²) in [7, 11) is 3.63. The highest BCUT2D eigenvalue weighted by Gasteiger charge is 2.37. The summed E-state index contributed by atoms with van der Waals surface area (Å²) < 4.78 is 7.03. The van der Waals surface area contributed by atoms with E-state index in [2.05, 4.69) is 0 Å². The summed E-state index contributed by atoms with van der Waals surface area (Å²) in [6, 6.07) is 38.5. The van der Waals surface area contributed by atoms with E-state index in [1.807, 2.05) is 173 Å². The Kier molecular flexibility index (Phi) is 12.5. The lowest BCUT2D eigenvalue weighted by Gasteiger charge is -2.12. The van der Waals surface area contributed by atoms with Crippen molar-refractivity contribution in [3.63, 3.8) is 0 Å². The van der Waals surface area contributed by atoms with Gasteiger partial charge in [-0.2, -0.15) is 0 Å². The van der Waals surface area contributed by atoms with Gasteiger partial charge >= 0.3 is 0 Å². The molecule has 59 heavy (non-hydrogen) atoms. The van der Waals surface area contributed by atoms with Crippen molar-refractivity contribution in [3.05, 3.63) is 199 Å². The molecule has 0 aliphatic carbocycles. The molecule has 0 unspecified atom stereocenters. The molecule has 6 aromatic rings. The number of para-hydroxylation sites is 2. The molecule has 0 N–H and O–H groups in total. The molecular weight excluding hydrogens is 797 g/mol. The first-order valence-corrected chi connectivity index (χ1v) is 20.8. The third-order valence-corrected chi connectivity index (χ3v) is 12.1. The van der Waals surface area contributed by atoms with Crippen LogP contribution in [-0.2, 0) is 23.7 Å². The molecule has 2 aliphatic heterocycles. The van der Waals surface area contributed by atoms with Gasteiger partial charge in [0.15, 0.2) is 4.32 Å². The Morgan fingerprint density at radius 1 is 0.559 bits per heavy atom. The van der Waals surface area contributed by atoms with Gasteiger partial charge in [-0.1, -0.05) is 157 Å². The molecule has 296 valence electrons. The number of aromatic nitrogens is 4. The number of hydrogen-bond acceptors (Lipinski definition) is 7. The van der Waals surface area contributed by atoms with E-state index < -0.39 is 0 Å². The maximum absolute atomic E-state index is 13.2. The van der Waals surface area contributed by atoms with Crippen LogP contribution in [0.2, 0.25) is 0 Å². The second-order valence-electron chi connectivity index (χ2n) is 13.4. The van der Waals surface area contributed by atoms with Crippen LogP contribution >= 0.6 is 35.7 Å². The SMILES string of the molecule is Cc1c(N2C(=O)/C(=C/C=C/c3ccccc3)SC2=S)c(=O)n(-c2ccccc2)n1C.Cc1c(N2CS/C(=C\C=C\c3ccccc3)C2=O)c(=O)n(-c2ccccc2)n1C. The monoisotopic (exact) mass is 836 g/mol. The van der Waals surface area contributed by atoms with Gasteiger partial charge in [0.1, 0.15) is 11.4 Å². The third-order valence-electron chi connectivity index (χ3n) is 9.81. The van der Waals surface area contributed by atoms with Crippen LogP contribution in [0.5, 0.6) is 0 Å². The van der Waals surface area contributed by atoms with Gasteiger partial charge in [-0.05, 0) is 61.4 Å². The highest BCUT2D eigenvalue weighted by atomic mass is 32.2. The minimum Gasteiger partial charge on any atom is -0.291 e. The van der Waals surface area contributed by atoms with Crippen LogP contribution in [-0.4, -0.2) is 40.7 Å². The van der Waals surface area contributed by atoms with Crippen LogP contribution in [0.1, 0.15) is 22.5 Å². The second-order valence-corrected chi connectivity index (χ2v) is 16.1. The molecule has 2 saturated heterocycles. The minimum atomic E-state index is -0.284. The summed E-state index contributed by atoms with van der Waals surface area (Å²) >= 11 is 8.10. The third kappa shape index (κ3) is 8.44. The van der Waals surface area contributed by atoms with Crippen LogP contribution < -0.4 is 20.9 Å². The standard InChI is InChI=1S/C23H19N3O2S2.C23H21N3O2S/c1-16-20(22(28)26(24(16)2)18-13-7-4-8-14-18)25-21(27)19(30-23(25)29)15-9-12-17-10-5-3-6-11-17;1-17-21(23(28)26(24(17)2)19-13-7-4-8-14-19)25-16-29-20(22(25)27)15-9-12-18-10-5-3-6-11-18/h3-15H,1-2H3;3-15H,16H2,1-2H3/b12-9+,19-15-;12-9+,20-15-. The van der Waals surface area contributed by atoms with Crippen molar-refractivity contribution in [2.75, 3.05) is 15.7 Å². The molecule has 10 nitrogen and oxygen atoms in total. The largest absolute Gasteiger partial charge is 0.296 e. The van der Waals surface area contributed by atoms with Crippen LogP contribution in [0.25, 0.3) is 23.5 Å². The number of anilines is 2. The topological polar surface area (TPSA) is 94.5 Å². The molecule has 4 aromatic carbocycles. The Hall–Kier alpha value is -6.41. The second kappa shape index (κ2) is 18.0. The zero-order chi connectivity index (χ0) is 41.6. The van der Waals surface area contributed by atoms with Crippen molar-refractivity contribution < 1.29 is 9.59 Å². The number of nitrogens with zero attached hydrogens (tertiary/aromatic N) is 6. The molecule has 4 heterocycles. The number of carbonyl (C=O) groups is 2. The van der Waals surface area contributed by atoms with Crippen molar-refractivity contribution in [3.8, 4) is 11.4 Å². The molecule has 0 atom stereocenters. The van der Waals surface area contributed by atoms with Gasteiger partial charge in [-0.3, -0.25) is 38.3 Å². The fourth-order valence-corrected chi connectivity index (χ4v) is 8.79. The van der Waals surface area contributed by atoms with Crippen LogP contribution in [0.4, 0.5) is 11.4 Å². The normalized spacial score (nSPS) is 15.7. The van der Waals surface area contributed by atoms with Crippen LogP contribution in [0, 0.1) is 13.8 Å². The number of thioether (sulfide) groups is 2. The summed E-state index contributed by atoms with van der Waals surface area (Å²) in [6.07, 6.45) is 11.1. The number of carbonyl (C=O) groups excluding carboxylic acids is 2. The molecule has 8 rings (SSSR count). The first-order valence-electron chi connectivity index (χ1n) is 18.6. The van der Waals surface area contributed by atoms with Gasteiger partial charge in [0.05, 0.1) is 38.4 Å². The van der Waals surface area contributed by atoms with Gasteiger partial charge in [0.2, 0.25) is 0 Å². The highest BCUT2D eigenvalue weighted by molar-refractivity contribution is 8.27. The number of amides is 2. The predicted octanol–water partition coefficient (Wildman–Crippen LogP) is 8.57. The molecular formula is C46H40N6O4S3. The Morgan fingerprint density at radius 2 is 0.983 bits per heavy atom. The first kappa shape index (κ1) is 40.8. The summed E-state index contributed by atoms with van der Waals surface area (Å²) in [6.45, 7) is 3.68. The van der Waals surface area contributed by atoms with Gasteiger partial charge in [-0.15, -0.1) is 0 Å². The molecule has 0 radical (unpaired) electrons. The van der Waals surface area contributed by atoms with E-state index in [-0.39, 0.29) is 22.9 Å². The van der Waals surface area contributed by atoms with Gasteiger partial charge in [0.25, 0.3) is 22.9 Å². The van der Waals surface area contributed by atoms with Crippen molar-refractivity contribution in [2.24, 2.45) is 14.1 Å². The molecule has 13 heteroatoms. The first-order chi connectivity index (χ1) is 28.6. The average Bonchev–Trinajstić information content (AvgIpc) is 3.89. The summed E-state index contributed by atoms with van der Waals surface area (Å²) in [5.41, 5.74) is 5.29. The molecule has 0 saturated carbocycles. The average molecular weight is 837 g/mol. The summed E-state index contributed by atoms with van der Waals surface area (Å²) in [5.74, 6) is 0.00563. The van der Waals surface area contributed by atoms with Crippen molar-refractivity contribution in [2.45, 2.75) is 13.8 Å². The lowest BCUT2D eigenvalue weighted by atomic mass is 10.2. The fourth-order valence-electron chi connectivity index (χ4n) is 6.65. The number of thiocarbonyl (C=S) groups is 1. The molecule has 2 amide bonds. The van der Waals surface area contributed by atoms with E-state index >= 15 is 0 Å². The van der Waals surface area contributed by atoms with Crippen LogP contribution in [0.3, 0.4) is 0 Å². The Bertz CT molecular complexity index is 2780.